The topological polar surface area (TPSA) is 64.3 Å². The molecule has 0 aliphatic carbocycles. The van der Waals surface area contributed by atoms with E-state index in [-0.39, 0.29) is 10.8 Å². The van der Waals surface area contributed by atoms with Crippen LogP contribution in [0.15, 0.2) is 128 Å². The fourth-order valence-electron chi connectivity index (χ4n) is 7.33. The summed E-state index contributed by atoms with van der Waals surface area (Å²) in [7, 11) is 0. The zero-order valence-electron chi connectivity index (χ0n) is 29.9. The molecule has 0 saturated carbocycles. The molecule has 0 spiro atoms. The number of benzene rings is 4. The van der Waals surface area contributed by atoms with Gasteiger partial charge in [-0.25, -0.2) is 9.97 Å². The monoisotopic (exact) mass is 664 g/mol. The largest absolute Gasteiger partial charge is 0.294 e. The summed E-state index contributed by atoms with van der Waals surface area (Å²) < 4.78 is 4.62. The normalized spacial score (nSPS) is 12.5. The van der Waals surface area contributed by atoms with Gasteiger partial charge in [-0.2, -0.15) is 5.10 Å². The molecule has 0 aliphatic rings. The Balaban J connectivity index is 1.30. The van der Waals surface area contributed by atoms with E-state index in [4.69, 9.17) is 9.97 Å². The van der Waals surface area contributed by atoms with E-state index in [0.29, 0.717) is 0 Å². The number of aromatic amines is 1. The molecule has 0 fully saturated rings. The number of H-pyrrole nitrogens is 1. The van der Waals surface area contributed by atoms with Crippen LogP contribution in [0.3, 0.4) is 0 Å². The third-order valence-electron chi connectivity index (χ3n) is 10.2. The first kappa shape index (κ1) is 31.0. The Hall–Kier alpha value is -6.01. The number of nitrogens with zero attached hydrogens (tertiary/aromatic N) is 5. The van der Waals surface area contributed by atoms with Crippen molar-refractivity contribution in [2.75, 3.05) is 0 Å². The number of pyridine rings is 2. The van der Waals surface area contributed by atoms with Crippen LogP contribution in [-0.4, -0.2) is 29.3 Å². The van der Waals surface area contributed by atoms with Gasteiger partial charge in [-0.3, -0.25) is 14.2 Å². The van der Waals surface area contributed by atoms with Crippen LogP contribution >= 0.6 is 0 Å². The second-order valence-corrected chi connectivity index (χ2v) is 15.6. The van der Waals surface area contributed by atoms with Crippen LogP contribution < -0.4 is 0 Å². The molecule has 0 saturated heterocycles. The van der Waals surface area contributed by atoms with Crippen LogP contribution in [0.2, 0.25) is 0 Å². The molecule has 9 rings (SSSR count). The van der Waals surface area contributed by atoms with E-state index in [1.165, 1.54) is 27.3 Å². The van der Waals surface area contributed by atoms with Crippen molar-refractivity contribution in [1.82, 2.24) is 29.3 Å². The fourth-order valence-corrected chi connectivity index (χ4v) is 7.33. The van der Waals surface area contributed by atoms with Gasteiger partial charge in [0.05, 0.1) is 33.6 Å². The minimum Gasteiger partial charge on any atom is -0.294 e. The van der Waals surface area contributed by atoms with Crippen molar-refractivity contribution in [3.63, 3.8) is 0 Å². The highest BCUT2D eigenvalue weighted by Crippen LogP contribution is 2.39. The van der Waals surface area contributed by atoms with Gasteiger partial charge in [0.1, 0.15) is 11.5 Å². The van der Waals surface area contributed by atoms with Gasteiger partial charge in [-0.1, -0.05) is 102 Å². The number of rotatable bonds is 4. The zero-order chi connectivity index (χ0) is 35.1. The number of hydrogen-bond acceptors (Lipinski definition) is 3. The number of nitrogens with one attached hydrogen (secondary N) is 1. The molecule has 0 atom stereocenters. The second-order valence-electron chi connectivity index (χ2n) is 15.6. The van der Waals surface area contributed by atoms with Crippen LogP contribution in [0.25, 0.3) is 77.9 Å². The first-order valence-corrected chi connectivity index (χ1v) is 17.6. The molecule has 0 aliphatic heterocycles. The average molecular weight is 665 g/mol. The molecule has 51 heavy (non-hydrogen) atoms. The maximum absolute atomic E-state index is 5.37. The molecule has 0 bridgehead atoms. The molecule has 0 unspecified atom stereocenters. The lowest BCUT2D eigenvalue weighted by Gasteiger charge is -2.20. The van der Waals surface area contributed by atoms with Crippen molar-refractivity contribution < 1.29 is 0 Å². The lowest BCUT2D eigenvalue weighted by molar-refractivity contribution is 0.588. The number of para-hydroxylation sites is 1. The Kier molecular flexibility index (Phi) is 6.84. The Morgan fingerprint density at radius 3 is 2.04 bits per heavy atom. The smallest absolute Gasteiger partial charge is 0.146 e. The summed E-state index contributed by atoms with van der Waals surface area (Å²) in [5.74, 6) is 0.914. The van der Waals surface area contributed by atoms with E-state index in [1.807, 2.05) is 24.4 Å². The minimum absolute atomic E-state index is 0.00359. The predicted molar refractivity (Wildman–Crippen MR) is 211 cm³/mol. The molecule has 5 aromatic heterocycles. The molecular formula is C45H40N6. The van der Waals surface area contributed by atoms with Gasteiger partial charge >= 0.3 is 0 Å². The van der Waals surface area contributed by atoms with Crippen molar-refractivity contribution in [1.29, 1.82) is 0 Å². The fraction of sp³-hybridized carbons (Fsp3) is 0.178. The van der Waals surface area contributed by atoms with Gasteiger partial charge in [0, 0.05) is 39.0 Å². The molecule has 9 aromatic rings. The van der Waals surface area contributed by atoms with Crippen molar-refractivity contribution >= 4 is 43.7 Å². The van der Waals surface area contributed by atoms with Gasteiger partial charge < -0.3 is 0 Å². The Bertz CT molecular complexity index is 2760. The lowest BCUT2D eigenvalue weighted by Crippen LogP contribution is -2.12. The number of fused-ring (bicyclic) bond motifs is 6. The van der Waals surface area contributed by atoms with Gasteiger partial charge in [0.2, 0.25) is 0 Å². The predicted octanol–water partition coefficient (Wildman–Crippen LogP) is 11.3. The maximum Gasteiger partial charge on any atom is 0.146 e. The van der Waals surface area contributed by atoms with Crippen LogP contribution in [-0.2, 0) is 10.8 Å². The lowest BCUT2D eigenvalue weighted by atomic mass is 9.86. The van der Waals surface area contributed by atoms with Crippen molar-refractivity contribution in [2.24, 2.45) is 0 Å². The maximum atomic E-state index is 5.37. The molecule has 6 nitrogen and oxygen atoms in total. The highest BCUT2D eigenvalue weighted by Gasteiger charge is 2.22. The van der Waals surface area contributed by atoms with E-state index >= 15 is 0 Å². The third kappa shape index (κ3) is 5.13. The highest BCUT2D eigenvalue weighted by molar-refractivity contribution is 6.11. The van der Waals surface area contributed by atoms with Gasteiger partial charge in [0.25, 0.3) is 0 Å². The minimum atomic E-state index is -0.00359. The molecule has 5 heterocycles. The summed E-state index contributed by atoms with van der Waals surface area (Å²) in [5, 5.41) is 12.6. The van der Waals surface area contributed by atoms with E-state index in [0.717, 1.165) is 61.7 Å². The third-order valence-corrected chi connectivity index (χ3v) is 10.2. The summed E-state index contributed by atoms with van der Waals surface area (Å²) in [4.78, 5) is 10.3. The molecular weight excluding hydrogens is 625 g/mol. The molecule has 6 heteroatoms. The van der Waals surface area contributed by atoms with E-state index in [1.54, 1.807) is 0 Å². The number of aromatic nitrogens is 6. The molecule has 0 amide bonds. The number of hydrogen-bond donors (Lipinski definition) is 1. The summed E-state index contributed by atoms with van der Waals surface area (Å²) in [5.41, 5.74) is 11.5. The van der Waals surface area contributed by atoms with E-state index in [2.05, 4.69) is 164 Å². The summed E-state index contributed by atoms with van der Waals surface area (Å²) in [6.45, 7) is 13.5. The standard InChI is InChI=1S/C45H40N6/c1-44(2,3)29-16-21-40-35(24-29)34-19-20-36(38-27-37(48-49-38)28-12-8-7-9-13-28)47-43(34)50(40)31-17-18-33-32-14-10-11-15-39(32)51(41(33)26-31)42-25-30(22-23-46-42)45(4,5)6/h7-27H,1-6H3,(H,48,49). The highest BCUT2D eigenvalue weighted by atomic mass is 15.1. The zero-order valence-corrected chi connectivity index (χ0v) is 29.9. The summed E-state index contributed by atoms with van der Waals surface area (Å²) in [6.07, 6.45) is 1.93. The van der Waals surface area contributed by atoms with Crippen molar-refractivity contribution in [3.8, 4) is 34.2 Å². The SMILES string of the molecule is CC(C)(C)c1ccnc(-n2c3ccccc3c3ccc(-n4c5ccc(C(C)(C)C)cc5c5ccc(-c6cc(-c7ccccc7)n[nH]6)nc54)cc32)c1. The van der Waals surface area contributed by atoms with Gasteiger partial charge in [-0.15, -0.1) is 0 Å². The Labute approximate surface area is 297 Å². The van der Waals surface area contributed by atoms with Crippen LogP contribution in [0.1, 0.15) is 52.7 Å². The van der Waals surface area contributed by atoms with E-state index < -0.39 is 0 Å². The Morgan fingerprint density at radius 2 is 1.24 bits per heavy atom. The second kappa shape index (κ2) is 11.3. The molecule has 4 aromatic carbocycles. The Morgan fingerprint density at radius 1 is 0.529 bits per heavy atom. The van der Waals surface area contributed by atoms with Gasteiger partial charge in [-0.05, 0) is 82.6 Å². The first-order valence-electron chi connectivity index (χ1n) is 17.6. The molecule has 0 radical (unpaired) electrons. The quantitative estimate of drug-likeness (QED) is 0.204. The van der Waals surface area contributed by atoms with Crippen LogP contribution in [0, 0.1) is 0 Å². The van der Waals surface area contributed by atoms with Gasteiger partial charge in [0.15, 0.2) is 0 Å². The molecule has 1 N–H and O–H groups in total. The molecule has 250 valence electrons. The van der Waals surface area contributed by atoms with Crippen molar-refractivity contribution in [3.05, 3.63) is 139 Å². The van der Waals surface area contributed by atoms with Crippen molar-refractivity contribution in [2.45, 2.75) is 52.4 Å². The first-order chi connectivity index (χ1) is 24.5. The van der Waals surface area contributed by atoms with Crippen LogP contribution in [0.4, 0.5) is 0 Å². The van der Waals surface area contributed by atoms with Crippen LogP contribution in [0.5, 0.6) is 0 Å². The summed E-state index contributed by atoms with van der Waals surface area (Å²) in [6, 6.07) is 43.3. The van der Waals surface area contributed by atoms with E-state index in [9.17, 15) is 0 Å². The average Bonchev–Trinajstić information content (AvgIpc) is 3.84. The summed E-state index contributed by atoms with van der Waals surface area (Å²) >= 11 is 0.